The Labute approximate surface area is 275 Å². The van der Waals surface area contributed by atoms with E-state index < -0.39 is 87.3 Å². The zero-order chi connectivity index (χ0) is 34.1. The third-order valence-electron chi connectivity index (χ3n) is 7.52. The highest BCUT2D eigenvalue weighted by atomic mass is 35.5. The number of alkyl halides is 5. The van der Waals surface area contributed by atoms with Crippen LogP contribution in [0, 0.1) is 23.4 Å². The number of carbonyl (C=O) groups excluding carboxylic acids is 3. The van der Waals surface area contributed by atoms with Crippen LogP contribution in [0.15, 0.2) is 48.5 Å². The van der Waals surface area contributed by atoms with E-state index in [0.29, 0.717) is 25.2 Å². The number of ketones is 2. The van der Waals surface area contributed by atoms with Crippen LogP contribution >= 0.6 is 34.8 Å². The van der Waals surface area contributed by atoms with Crippen LogP contribution in [0.3, 0.4) is 0 Å². The van der Waals surface area contributed by atoms with E-state index in [9.17, 15) is 36.3 Å². The highest BCUT2D eigenvalue weighted by Gasteiger charge is 2.67. The molecule has 3 atom stereocenters. The summed E-state index contributed by atoms with van der Waals surface area (Å²) in [4.78, 5) is 38.7. The number of benzene rings is 3. The lowest BCUT2D eigenvalue weighted by Gasteiger charge is -2.14. The van der Waals surface area contributed by atoms with Crippen LogP contribution in [-0.2, 0) is 33.3 Å². The van der Waals surface area contributed by atoms with Gasteiger partial charge in [0.15, 0.2) is 11.6 Å². The maximum atomic E-state index is 15.3. The zero-order valence-corrected chi connectivity index (χ0v) is 26.5. The Morgan fingerprint density at radius 1 is 0.978 bits per heavy atom. The van der Waals surface area contributed by atoms with Crippen molar-refractivity contribution >= 4 is 58.0 Å². The molecule has 0 radical (unpaired) electrons. The lowest BCUT2D eigenvalue weighted by atomic mass is 9.97. The van der Waals surface area contributed by atoms with Gasteiger partial charge < -0.3 is 10.1 Å². The summed E-state index contributed by atoms with van der Waals surface area (Å²) < 4.78 is 86.7. The van der Waals surface area contributed by atoms with E-state index in [4.69, 9.17) is 39.5 Å². The molecule has 0 bridgehead atoms. The van der Waals surface area contributed by atoms with Gasteiger partial charge in [-0.25, -0.2) is 13.2 Å². The number of amides is 1. The molecule has 14 heteroatoms. The molecule has 1 aliphatic rings. The Balaban J connectivity index is 1.50. The van der Waals surface area contributed by atoms with Crippen LogP contribution in [0.4, 0.5) is 32.0 Å². The molecular weight excluding hydrogens is 683 g/mol. The quantitative estimate of drug-likeness (QED) is 0.116. The molecule has 0 aliphatic heterocycles. The molecule has 1 unspecified atom stereocenters. The number of Topliss-reactive ketones (excluding diaryl/α,β-unsaturated/α-hetero) is 2. The summed E-state index contributed by atoms with van der Waals surface area (Å²) >= 11 is 18.7. The number of carbonyl (C=O) groups is 3. The van der Waals surface area contributed by atoms with Gasteiger partial charge in [-0.1, -0.05) is 30.7 Å². The summed E-state index contributed by atoms with van der Waals surface area (Å²) in [5.41, 5.74) is -2.44. The number of anilines is 1. The normalized spacial score (nSPS) is 17.8. The van der Waals surface area contributed by atoms with Gasteiger partial charge in [0.05, 0.1) is 16.5 Å². The molecule has 1 saturated carbocycles. The Morgan fingerprint density at radius 2 is 1.65 bits per heavy atom. The van der Waals surface area contributed by atoms with E-state index in [1.807, 2.05) is 6.92 Å². The fraction of sp³-hybridized carbons (Fsp3) is 0.344. The van der Waals surface area contributed by atoms with Crippen LogP contribution in [0.25, 0.3) is 0 Å². The van der Waals surface area contributed by atoms with Crippen molar-refractivity contribution in [2.24, 2.45) is 5.92 Å². The van der Waals surface area contributed by atoms with Crippen molar-refractivity contribution in [3.8, 4) is 0 Å². The maximum absolute atomic E-state index is 15.3. The minimum atomic E-state index is -4.99. The molecule has 4 rings (SSSR count). The second-order valence-corrected chi connectivity index (χ2v) is 12.7. The van der Waals surface area contributed by atoms with Crippen LogP contribution in [0.1, 0.15) is 58.8 Å². The minimum absolute atomic E-state index is 0.0366. The van der Waals surface area contributed by atoms with Gasteiger partial charge in [-0.2, -0.15) is 13.2 Å². The number of hydrogen-bond donors (Lipinski definition) is 1. The zero-order valence-electron chi connectivity index (χ0n) is 24.2. The fourth-order valence-electron chi connectivity index (χ4n) is 4.98. The minimum Gasteiger partial charge on any atom is -0.371 e. The standard InChI is InChI=1S/C32H26Cl3F6NO4/c1-3-10-46-15(2)25(43)14-20-23(36)8-5-17(29(20)38)12-26(44)19-13-18(6-7-22(19)33)42-30(45)28-27(31(28,34)35)16-4-9-24(37)21(11-16)32(39,40)41/h4-9,11,13,15,27-28H,3,10,12,14H2,1-2H3,(H,42,45)/t15?,27-,28+/m0/s1. The lowest BCUT2D eigenvalue weighted by molar-refractivity contribution is -0.140. The first kappa shape index (κ1) is 35.7. The monoisotopic (exact) mass is 707 g/mol. The molecule has 46 heavy (non-hydrogen) atoms. The molecule has 1 N–H and O–H groups in total. The van der Waals surface area contributed by atoms with Crippen LogP contribution in [0.5, 0.6) is 0 Å². The van der Waals surface area contributed by atoms with Crippen molar-refractivity contribution in [1.82, 2.24) is 0 Å². The summed E-state index contributed by atoms with van der Waals surface area (Å²) in [6.45, 7) is 3.61. The van der Waals surface area contributed by atoms with Gasteiger partial charge in [0, 0.05) is 42.2 Å². The third kappa shape index (κ3) is 7.70. The van der Waals surface area contributed by atoms with Gasteiger partial charge >= 0.3 is 6.18 Å². The summed E-state index contributed by atoms with van der Waals surface area (Å²) in [6, 6.07) is 8.03. The van der Waals surface area contributed by atoms with E-state index in [1.165, 1.54) is 25.1 Å². The first-order chi connectivity index (χ1) is 21.5. The van der Waals surface area contributed by atoms with Crippen LogP contribution in [-0.4, -0.2) is 34.5 Å². The Kier molecular flexibility index (Phi) is 10.8. The number of rotatable bonds is 12. The van der Waals surface area contributed by atoms with Gasteiger partial charge in [-0.05, 0) is 60.9 Å². The number of nitrogens with one attached hydrogen (secondary N) is 1. The van der Waals surface area contributed by atoms with Crippen molar-refractivity contribution in [3.63, 3.8) is 0 Å². The maximum Gasteiger partial charge on any atom is 0.419 e. The smallest absolute Gasteiger partial charge is 0.371 e. The molecule has 0 saturated heterocycles. The molecule has 5 nitrogen and oxygen atoms in total. The number of halogens is 9. The van der Waals surface area contributed by atoms with Gasteiger partial charge in [0.1, 0.15) is 27.9 Å². The Morgan fingerprint density at radius 3 is 2.30 bits per heavy atom. The molecule has 0 spiro atoms. The predicted molar refractivity (Wildman–Crippen MR) is 161 cm³/mol. The molecule has 1 fully saturated rings. The van der Waals surface area contributed by atoms with Crippen LogP contribution in [0.2, 0.25) is 5.02 Å². The first-order valence-electron chi connectivity index (χ1n) is 13.9. The first-order valence-corrected chi connectivity index (χ1v) is 15.1. The third-order valence-corrected chi connectivity index (χ3v) is 8.79. The topological polar surface area (TPSA) is 72.5 Å². The molecule has 1 aliphatic carbocycles. The van der Waals surface area contributed by atoms with Crippen molar-refractivity contribution in [2.75, 3.05) is 11.9 Å². The molecule has 246 valence electrons. The van der Waals surface area contributed by atoms with E-state index in [-0.39, 0.29) is 27.4 Å². The second kappa shape index (κ2) is 13.9. The molecule has 0 aromatic heterocycles. The fourth-order valence-corrected chi connectivity index (χ4v) is 6.03. The Hall–Kier alpha value is -3.12. The SMILES string of the molecule is CCCOC(C)C(=O)Cc1c(F)ccc(CC(=O)c2cc(NC(=O)[C@H]3[C@H](c4ccc(F)c(C(F)(F)F)c4)C3(Cl)Cl)ccc2Cl)c1F. The van der Waals surface area contributed by atoms with E-state index >= 15 is 4.39 Å². The largest absolute Gasteiger partial charge is 0.419 e. The average molecular weight is 709 g/mol. The molecule has 0 heterocycles. The number of ether oxygens (including phenoxy) is 1. The van der Waals surface area contributed by atoms with Crippen molar-refractivity contribution < 1.29 is 45.5 Å². The molecular formula is C32H26Cl3F6NO4. The van der Waals surface area contributed by atoms with Gasteiger partial charge in [-0.3, -0.25) is 14.4 Å². The molecule has 3 aromatic rings. The number of hydrogen-bond acceptors (Lipinski definition) is 4. The summed E-state index contributed by atoms with van der Waals surface area (Å²) in [6.07, 6.45) is -6.39. The molecule has 1 amide bonds. The van der Waals surface area contributed by atoms with Crippen LogP contribution < -0.4 is 5.32 Å². The lowest BCUT2D eigenvalue weighted by Crippen LogP contribution is -2.24. The van der Waals surface area contributed by atoms with Gasteiger partial charge in [0.2, 0.25) is 5.91 Å². The summed E-state index contributed by atoms with van der Waals surface area (Å²) in [5.74, 6) is -7.92. The van der Waals surface area contributed by atoms with Crippen molar-refractivity contribution in [2.45, 2.75) is 55.6 Å². The second-order valence-electron chi connectivity index (χ2n) is 10.8. The van der Waals surface area contributed by atoms with Crippen molar-refractivity contribution in [1.29, 1.82) is 0 Å². The van der Waals surface area contributed by atoms with Gasteiger partial charge in [0.25, 0.3) is 0 Å². The van der Waals surface area contributed by atoms with E-state index in [1.54, 1.807) is 0 Å². The summed E-state index contributed by atoms with van der Waals surface area (Å²) in [5, 5.41) is 2.43. The summed E-state index contributed by atoms with van der Waals surface area (Å²) in [7, 11) is 0. The van der Waals surface area contributed by atoms with E-state index in [2.05, 4.69) is 5.32 Å². The Bertz CT molecular complexity index is 1680. The molecule has 3 aromatic carbocycles. The predicted octanol–water partition coefficient (Wildman–Crippen LogP) is 8.65. The highest BCUT2D eigenvalue weighted by molar-refractivity contribution is 6.53. The highest BCUT2D eigenvalue weighted by Crippen LogP contribution is 2.65. The van der Waals surface area contributed by atoms with Gasteiger partial charge in [-0.15, -0.1) is 23.2 Å². The van der Waals surface area contributed by atoms with Crippen molar-refractivity contribution in [3.05, 3.63) is 98.8 Å². The van der Waals surface area contributed by atoms with E-state index in [0.717, 1.165) is 18.2 Å². The average Bonchev–Trinajstić information content (AvgIpc) is 3.57.